The Kier molecular flexibility index (Phi) is 3.38. The molecule has 0 amide bonds. The molecular formula is C15H10ClN3O. The predicted molar refractivity (Wildman–Crippen MR) is 77.8 cm³/mol. The van der Waals surface area contributed by atoms with Gasteiger partial charge in [0, 0.05) is 22.8 Å². The monoisotopic (exact) mass is 283 g/mol. The molecule has 0 unspecified atom stereocenters. The second kappa shape index (κ2) is 5.33. The summed E-state index contributed by atoms with van der Waals surface area (Å²) in [6.07, 6.45) is 5.19. The van der Waals surface area contributed by atoms with Crippen LogP contribution in [-0.2, 0) is 0 Å². The largest absolute Gasteiger partial charge is 0.384 e. The highest BCUT2D eigenvalue weighted by atomic mass is 35.5. The third-order valence-corrected chi connectivity index (χ3v) is 3.06. The van der Waals surface area contributed by atoms with Crippen molar-refractivity contribution in [2.24, 2.45) is 0 Å². The zero-order valence-corrected chi connectivity index (χ0v) is 11.2. The highest BCUT2D eigenvalue weighted by molar-refractivity contribution is 6.31. The minimum atomic E-state index is -0.165. The van der Waals surface area contributed by atoms with Crippen LogP contribution >= 0.6 is 11.6 Å². The van der Waals surface area contributed by atoms with E-state index in [4.69, 9.17) is 16.7 Å². The summed E-state index contributed by atoms with van der Waals surface area (Å²) in [6, 6.07) is 7.44. The summed E-state index contributed by atoms with van der Waals surface area (Å²) >= 11 is 5.97. The van der Waals surface area contributed by atoms with Crippen molar-refractivity contribution in [3.05, 3.63) is 53.4 Å². The summed E-state index contributed by atoms with van der Waals surface area (Å²) in [5.74, 6) is 5.42. The molecule has 1 aromatic carbocycles. The van der Waals surface area contributed by atoms with Gasteiger partial charge in [-0.2, -0.15) is 5.10 Å². The standard InChI is InChI=1S/C15H10ClN3O/c16-12-3-4-13-14(8-12)17-6-5-15(13)19-10-11(9-18-19)2-1-7-20/h3-6,8-10,20H,7H2. The van der Waals surface area contributed by atoms with Crippen molar-refractivity contribution >= 4 is 22.5 Å². The number of rotatable bonds is 1. The molecule has 98 valence electrons. The number of pyridine rings is 1. The molecule has 0 aliphatic heterocycles. The van der Waals surface area contributed by atoms with Crippen LogP contribution in [-0.4, -0.2) is 26.5 Å². The van der Waals surface area contributed by atoms with Crippen LogP contribution in [0.1, 0.15) is 5.56 Å². The van der Waals surface area contributed by atoms with Crippen LogP contribution in [0.25, 0.3) is 16.6 Å². The molecule has 0 aliphatic rings. The van der Waals surface area contributed by atoms with Gasteiger partial charge in [-0.1, -0.05) is 23.4 Å². The van der Waals surface area contributed by atoms with Gasteiger partial charge in [0.15, 0.2) is 0 Å². The SMILES string of the molecule is OCC#Cc1cnn(-c2ccnc3cc(Cl)ccc23)c1. The van der Waals surface area contributed by atoms with Gasteiger partial charge >= 0.3 is 0 Å². The molecule has 2 aromatic heterocycles. The summed E-state index contributed by atoms with van der Waals surface area (Å²) in [4.78, 5) is 4.30. The minimum absolute atomic E-state index is 0.165. The van der Waals surface area contributed by atoms with Crippen molar-refractivity contribution < 1.29 is 5.11 Å². The van der Waals surface area contributed by atoms with Crippen molar-refractivity contribution in [2.75, 3.05) is 6.61 Å². The molecule has 4 nitrogen and oxygen atoms in total. The Morgan fingerprint density at radius 1 is 1.30 bits per heavy atom. The molecule has 0 spiro atoms. The molecule has 3 rings (SSSR count). The third kappa shape index (κ3) is 2.37. The summed E-state index contributed by atoms with van der Waals surface area (Å²) in [7, 11) is 0. The van der Waals surface area contributed by atoms with E-state index < -0.39 is 0 Å². The summed E-state index contributed by atoms with van der Waals surface area (Å²) in [5, 5.41) is 14.6. The molecule has 0 aliphatic carbocycles. The van der Waals surface area contributed by atoms with E-state index in [1.807, 2.05) is 30.5 Å². The van der Waals surface area contributed by atoms with Gasteiger partial charge in [0.25, 0.3) is 0 Å². The first-order valence-corrected chi connectivity index (χ1v) is 6.35. The average molecular weight is 284 g/mol. The number of nitrogens with zero attached hydrogens (tertiary/aromatic N) is 3. The summed E-state index contributed by atoms with van der Waals surface area (Å²) in [6.45, 7) is -0.165. The van der Waals surface area contributed by atoms with Crippen LogP contribution in [0.15, 0.2) is 42.9 Å². The van der Waals surface area contributed by atoms with Gasteiger partial charge in [-0.3, -0.25) is 4.98 Å². The van der Waals surface area contributed by atoms with Crippen LogP contribution < -0.4 is 0 Å². The Labute approximate surface area is 120 Å². The third-order valence-electron chi connectivity index (χ3n) is 2.82. The average Bonchev–Trinajstić information content (AvgIpc) is 2.92. The zero-order valence-electron chi connectivity index (χ0n) is 10.4. The molecule has 0 radical (unpaired) electrons. The minimum Gasteiger partial charge on any atom is -0.384 e. The lowest BCUT2D eigenvalue weighted by Gasteiger charge is -2.05. The van der Waals surface area contributed by atoms with Gasteiger partial charge in [-0.25, -0.2) is 4.68 Å². The predicted octanol–water partition coefficient (Wildman–Crippen LogP) is 2.42. The van der Waals surface area contributed by atoms with Gasteiger partial charge < -0.3 is 5.11 Å². The second-order valence-electron chi connectivity index (χ2n) is 4.13. The quantitative estimate of drug-likeness (QED) is 0.698. The van der Waals surface area contributed by atoms with Gasteiger partial charge in [0.1, 0.15) is 6.61 Å². The molecule has 20 heavy (non-hydrogen) atoms. The first kappa shape index (κ1) is 12.7. The van der Waals surface area contributed by atoms with E-state index >= 15 is 0 Å². The van der Waals surface area contributed by atoms with E-state index in [1.165, 1.54) is 0 Å². The number of hydrogen-bond donors (Lipinski definition) is 1. The summed E-state index contributed by atoms with van der Waals surface area (Å²) in [5.41, 5.74) is 2.47. The Morgan fingerprint density at radius 2 is 2.20 bits per heavy atom. The van der Waals surface area contributed by atoms with E-state index in [-0.39, 0.29) is 6.61 Å². The van der Waals surface area contributed by atoms with Crippen LogP contribution in [0.4, 0.5) is 0 Å². The van der Waals surface area contributed by atoms with Crippen molar-refractivity contribution in [1.82, 2.24) is 14.8 Å². The number of benzene rings is 1. The van der Waals surface area contributed by atoms with Gasteiger partial charge in [-0.15, -0.1) is 0 Å². The number of aromatic nitrogens is 3. The van der Waals surface area contributed by atoms with E-state index in [1.54, 1.807) is 17.1 Å². The fourth-order valence-corrected chi connectivity index (χ4v) is 2.13. The maximum atomic E-state index is 8.70. The number of fused-ring (bicyclic) bond motifs is 1. The fraction of sp³-hybridized carbons (Fsp3) is 0.0667. The van der Waals surface area contributed by atoms with Crippen molar-refractivity contribution in [1.29, 1.82) is 0 Å². The molecule has 2 heterocycles. The Bertz CT molecular complexity index is 830. The molecule has 0 saturated carbocycles. The molecule has 3 aromatic rings. The lowest BCUT2D eigenvalue weighted by atomic mass is 10.2. The maximum Gasteiger partial charge on any atom is 0.104 e. The van der Waals surface area contributed by atoms with Gasteiger partial charge in [0.05, 0.1) is 23.0 Å². The van der Waals surface area contributed by atoms with Crippen molar-refractivity contribution in [3.63, 3.8) is 0 Å². The summed E-state index contributed by atoms with van der Waals surface area (Å²) < 4.78 is 1.74. The molecule has 0 bridgehead atoms. The highest BCUT2D eigenvalue weighted by Crippen LogP contribution is 2.23. The lowest BCUT2D eigenvalue weighted by Crippen LogP contribution is -1.96. The number of hydrogen-bond acceptors (Lipinski definition) is 3. The van der Waals surface area contributed by atoms with Gasteiger partial charge in [0.2, 0.25) is 0 Å². The molecule has 5 heteroatoms. The highest BCUT2D eigenvalue weighted by Gasteiger charge is 2.06. The smallest absolute Gasteiger partial charge is 0.104 e. The lowest BCUT2D eigenvalue weighted by molar-refractivity contribution is 0.350. The molecule has 0 fully saturated rings. The number of aliphatic hydroxyl groups excluding tert-OH is 1. The first-order chi connectivity index (χ1) is 9.78. The number of halogens is 1. The van der Waals surface area contributed by atoms with Crippen LogP contribution in [0.3, 0.4) is 0 Å². The molecule has 1 N–H and O–H groups in total. The maximum absolute atomic E-state index is 8.70. The normalized spacial score (nSPS) is 10.3. The van der Waals surface area contributed by atoms with E-state index in [0.717, 1.165) is 22.2 Å². The van der Waals surface area contributed by atoms with Gasteiger partial charge in [-0.05, 0) is 24.3 Å². The Morgan fingerprint density at radius 3 is 3.05 bits per heavy atom. The Hall–Kier alpha value is -2.35. The van der Waals surface area contributed by atoms with E-state index in [2.05, 4.69) is 21.9 Å². The van der Waals surface area contributed by atoms with Crippen molar-refractivity contribution in [3.8, 4) is 17.5 Å². The molecule has 0 saturated heterocycles. The fourth-order valence-electron chi connectivity index (χ4n) is 1.97. The molecular weight excluding hydrogens is 274 g/mol. The topological polar surface area (TPSA) is 50.9 Å². The van der Waals surface area contributed by atoms with Crippen LogP contribution in [0, 0.1) is 11.8 Å². The van der Waals surface area contributed by atoms with E-state index in [0.29, 0.717) is 5.02 Å². The number of aliphatic hydroxyl groups is 1. The van der Waals surface area contributed by atoms with E-state index in [9.17, 15) is 0 Å². The van der Waals surface area contributed by atoms with Crippen molar-refractivity contribution in [2.45, 2.75) is 0 Å². The zero-order chi connectivity index (χ0) is 13.9. The van der Waals surface area contributed by atoms with Crippen LogP contribution in [0.2, 0.25) is 5.02 Å². The molecule has 0 atom stereocenters. The second-order valence-corrected chi connectivity index (χ2v) is 4.56. The Balaban J connectivity index is 2.12. The van der Waals surface area contributed by atoms with Crippen LogP contribution in [0.5, 0.6) is 0 Å². The first-order valence-electron chi connectivity index (χ1n) is 5.97.